The first-order valence-corrected chi connectivity index (χ1v) is 9.75. The fourth-order valence-corrected chi connectivity index (χ4v) is 4.08. The summed E-state index contributed by atoms with van der Waals surface area (Å²) in [5.41, 5.74) is 1.19. The van der Waals surface area contributed by atoms with Gasteiger partial charge in [-0.15, -0.1) is 5.10 Å². The van der Waals surface area contributed by atoms with Crippen molar-refractivity contribution in [3.63, 3.8) is 0 Å². The van der Waals surface area contributed by atoms with Gasteiger partial charge in [0.25, 0.3) is 0 Å². The number of hydrogen-bond donors (Lipinski definition) is 0. The van der Waals surface area contributed by atoms with E-state index in [0.717, 1.165) is 11.7 Å². The van der Waals surface area contributed by atoms with Gasteiger partial charge in [0.2, 0.25) is 0 Å². The summed E-state index contributed by atoms with van der Waals surface area (Å²) in [6.45, 7) is 16.2. The molecule has 1 aromatic rings. The zero-order valence-electron chi connectivity index (χ0n) is 16.2. The second-order valence-electron chi connectivity index (χ2n) is 8.96. The predicted octanol–water partition coefficient (Wildman–Crippen LogP) is 3.09. The largest absolute Gasteiger partial charge is 0.301 e. The van der Waals surface area contributed by atoms with E-state index in [1.54, 1.807) is 0 Å². The van der Waals surface area contributed by atoms with E-state index >= 15 is 0 Å². The molecule has 0 aliphatic carbocycles. The van der Waals surface area contributed by atoms with Crippen LogP contribution in [-0.2, 0) is 5.41 Å². The summed E-state index contributed by atoms with van der Waals surface area (Å²) in [6.07, 6.45) is 7.25. The third kappa shape index (κ3) is 3.99. The van der Waals surface area contributed by atoms with Crippen molar-refractivity contribution in [3.05, 3.63) is 11.9 Å². The number of hydrogen-bond acceptors (Lipinski definition) is 4. The molecule has 0 aromatic carbocycles. The molecule has 0 radical (unpaired) electrons. The lowest BCUT2D eigenvalue weighted by molar-refractivity contribution is 0.0669. The van der Waals surface area contributed by atoms with E-state index in [2.05, 4.69) is 65.6 Å². The van der Waals surface area contributed by atoms with Crippen LogP contribution < -0.4 is 0 Å². The second-order valence-corrected chi connectivity index (χ2v) is 8.96. The van der Waals surface area contributed by atoms with E-state index in [9.17, 15) is 0 Å². The molecule has 136 valence electrons. The Kier molecular flexibility index (Phi) is 5.30. The van der Waals surface area contributed by atoms with Crippen molar-refractivity contribution in [2.24, 2.45) is 0 Å². The molecule has 2 aliphatic rings. The maximum atomic E-state index is 4.41. The highest BCUT2D eigenvalue weighted by Crippen LogP contribution is 2.28. The van der Waals surface area contributed by atoms with Gasteiger partial charge in [0, 0.05) is 36.8 Å². The first-order valence-electron chi connectivity index (χ1n) is 9.75. The molecule has 0 N–H and O–H groups in total. The van der Waals surface area contributed by atoms with Crippen molar-refractivity contribution in [1.29, 1.82) is 0 Å². The van der Waals surface area contributed by atoms with E-state index in [-0.39, 0.29) is 5.41 Å². The molecule has 24 heavy (non-hydrogen) atoms. The maximum Gasteiger partial charge on any atom is 0.0880 e. The Bertz CT molecular complexity index is 514. The molecule has 0 unspecified atom stereocenters. The molecule has 2 saturated heterocycles. The predicted molar refractivity (Wildman–Crippen MR) is 98.3 cm³/mol. The number of rotatable bonds is 3. The molecule has 0 bridgehead atoms. The van der Waals surface area contributed by atoms with Crippen LogP contribution >= 0.6 is 0 Å². The highest BCUT2D eigenvalue weighted by atomic mass is 15.4. The summed E-state index contributed by atoms with van der Waals surface area (Å²) in [5, 5.41) is 8.80. The fourth-order valence-electron chi connectivity index (χ4n) is 4.08. The minimum absolute atomic E-state index is 0.0866. The summed E-state index contributed by atoms with van der Waals surface area (Å²) < 4.78 is 2.12. The highest BCUT2D eigenvalue weighted by molar-refractivity contribution is 5.07. The van der Waals surface area contributed by atoms with Crippen LogP contribution in [0.25, 0.3) is 0 Å². The Morgan fingerprint density at radius 3 is 2.04 bits per heavy atom. The Balaban J connectivity index is 1.50. The van der Waals surface area contributed by atoms with Crippen molar-refractivity contribution in [1.82, 2.24) is 24.8 Å². The van der Waals surface area contributed by atoms with Crippen LogP contribution in [0.2, 0.25) is 0 Å². The first kappa shape index (κ1) is 17.9. The summed E-state index contributed by atoms with van der Waals surface area (Å²) in [5.74, 6) is 0. The van der Waals surface area contributed by atoms with Crippen LogP contribution in [0.5, 0.6) is 0 Å². The molecule has 2 aliphatic heterocycles. The molecule has 3 heterocycles. The Morgan fingerprint density at radius 2 is 1.54 bits per heavy atom. The van der Waals surface area contributed by atoms with Gasteiger partial charge in [-0.25, -0.2) is 4.68 Å². The van der Waals surface area contributed by atoms with Crippen LogP contribution in [-0.4, -0.2) is 63.1 Å². The van der Waals surface area contributed by atoms with Gasteiger partial charge in [-0.2, -0.15) is 0 Å². The van der Waals surface area contributed by atoms with E-state index in [1.807, 2.05) is 0 Å². The van der Waals surface area contributed by atoms with Crippen molar-refractivity contribution in [2.75, 3.05) is 26.2 Å². The lowest BCUT2D eigenvalue weighted by atomic mass is 9.93. The topological polar surface area (TPSA) is 37.2 Å². The molecule has 0 spiro atoms. The quantitative estimate of drug-likeness (QED) is 0.852. The first-order chi connectivity index (χ1) is 11.3. The Hall–Kier alpha value is -0.940. The maximum absolute atomic E-state index is 4.41. The average molecular weight is 334 g/mol. The number of aromatic nitrogens is 3. The van der Waals surface area contributed by atoms with Crippen molar-refractivity contribution in [3.8, 4) is 0 Å². The minimum Gasteiger partial charge on any atom is -0.301 e. The molecular formula is C19H35N5. The minimum atomic E-state index is 0.0866. The fraction of sp³-hybridized carbons (Fsp3) is 0.895. The van der Waals surface area contributed by atoms with Gasteiger partial charge in [-0.1, -0.05) is 26.0 Å². The lowest BCUT2D eigenvalue weighted by Crippen LogP contribution is -2.49. The van der Waals surface area contributed by atoms with E-state index in [1.165, 1.54) is 51.9 Å². The zero-order valence-corrected chi connectivity index (χ0v) is 16.2. The van der Waals surface area contributed by atoms with Crippen molar-refractivity contribution < 1.29 is 0 Å². The monoisotopic (exact) mass is 333 g/mol. The molecule has 1 aromatic heterocycles. The second kappa shape index (κ2) is 7.12. The van der Waals surface area contributed by atoms with Crippen LogP contribution in [0.3, 0.4) is 0 Å². The van der Waals surface area contributed by atoms with Crippen LogP contribution in [0.1, 0.15) is 72.0 Å². The molecular weight excluding hydrogens is 298 g/mol. The lowest BCUT2D eigenvalue weighted by Gasteiger charge is -2.42. The van der Waals surface area contributed by atoms with Crippen molar-refractivity contribution in [2.45, 2.75) is 83.8 Å². The Labute approximate surface area is 147 Å². The standard InChI is InChI=1S/C19H35N5/c1-15(2)22-10-6-16(7-11-22)23-12-8-17(9-13-23)24-14-18(20-21-24)19(3,4)5/h14-17H,6-13H2,1-5H3. The van der Waals surface area contributed by atoms with E-state index in [4.69, 9.17) is 0 Å². The van der Waals surface area contributed by atoms with Crippen LogP contribution in [0.15, 0.2) is 6.20 Å². The van der Waals surface area contributed by atoms with Crippen LogP contribution in [0.4, 0.5) is 0 Å². The third-order valence-electron chi connectivity index (χ3n) is 5.90. The smallest absolute Gasteiger partial charge is 0.0880 e. The summed E-state index contributed by atoms with van der Waals surface area (Å²) in [7, 11) is 0. The van der Waals surface area contributed by atoms with Gasteiger partial charge in [-0.3, -0.25) is 0 Å². The summed E-state index contributed by atoms with van der Waals surface area (Å²) in [6, 6.07) is 2.02. The van der Waals surface area contributed by atoms with Gasteiger partial charge in [0.15, 0.2) is 0 Å². The molecule has 0 saturated carbocycles. The molecule has 5 heteroatoms. The molecule has 0 amide bonds. The number of piperidine rings is 2. The molecule has 3 rings (SSSR count). The number of nitrogens with zero attached hydrogens (tertiary/aromatic N) is 5. The van der Waals surface area contributed by atoms with E-state index in [0.29, 0.717) is 12.1 Å². The van der Waals surface area contributed by atoms with Gasteiger partial charge in [-0.05, 0) is 52.6 Å². The normalized spacial score (nSPS) is 23.2. The molecule has 0 atom stereocenters. The van der Waals surface area contributed by atoms with Crippen LogP contribution in [0, 0.1) is 0 Å². The average Bonchev–Trinajstić information content (AvgIpc) is 3.05. The number of likely N-dealkylation sites (tertiary alicyclic amines) is 2. The van der Waals surface area contributed by atoms with Crippen molar-refractivity contribution >= 4 is 0 Å². The zero-order chi connectivity index (χ0) is 17.3. The van der Waals surface area contributed by atoms with Gasteiger partial charge in [0.1, 0.15) is 0 Å². The summed E-state index contributed by atoms with van der Waals surface area (Å²) in [4.78, 5) is 5.35. The summed E-state index contributed by atoms with van der Waals surface area (Å²) >= 11 is 0. The van der Waals surface area contributed by atoms with Gasteiger partial charge < -0.3 is 9.80 Å². The van der Waals surface area contributed by atoms with Gasteiger partial charge in [0.05, 0.1) is 11.7 Å². The molecule has 5 nitrogen and oxygen atoms in total. The molecule has 2 fully saturated rings. The SMILES string of the molecule is CC(C)N1CCC(N2CCC(n3cc(C(C)(C)C)nn3)CC2)CC1. The highest BCUT2D eigenvalue weighted by Gasteiger charge is 2.30. The van der Waals surface area contributed by atoms with Gasteiger partial charge >= 0.3 is 0 Å². The Morgan fingerprint density at radius 1 is 0.958 bits per heavy atom. The third-order valence-corrected chi connectivity index (χ3v) is 5.90. The van der Waals surface area contributed by atoms with E-state index < -0.39 is 0 Å².